The molecule has 5 rings (SSSR count). The number of furan rings is 1. The molecule has 0 atom stereocenters. The quantitative estimate of drug-likeness (QED) is 0.177. The standard InChI is InChI=1S/C34H41N5O6Si/c1-34(2,3)46(6,7)43-15-12-39(4)33(40)28-18-29(41-5)25(20-37-28)30-17-27-32(45-30)24(8-11-36-27)26-16-22(19-35)31(21-38-26)44-23-9-13-42-14-10-23/h8,11,16-18,20-21,23H,9-10,12-15H2,1-7H3. The summed E-state index contributed by atoms with van der Waals surface area (Å²) in [5, 5.41) is 9.96. The van der Waals surface area contributed by atoms with E-state index in [1.807, 2.05) is 0 Å². The largest absolute Gasteiger partial charge is 0.496 e. The van der Waals surface area contributed by atoms with Crippen molar-refractivity contribution in [2.45, 2.75) is 57.8 Å². The van der Waals surface area contributed by atoms with Gasteiger partial charge in [0.05, 0.1) is 49.9 Å². The van der Waals surface area contributed by atoms with Gasteiger partial charge in [-0.2, -0.15) is 5.26 Å². The van der Waals surface area contributed by atoms with E-state index in [0.717, 1.165) is 12.8 Å². The van der Waals surface area contributed by atoms with Crippen LogP contribution < -0.4 is 9.47 Å². The highest BCUT2D eigenvalue weighted by Crippen LogP contribution is 2.38. The first-order valence-electron chi connectivity index (χ1n) is 15.4. The highest BCUT2D eigenvalue weighted by atomic mass is 28.4. The summed E-state index contributed by atoms with van der Waals surface area (Å²) >= 11 is 0. The van der Waals surface area contributed by atoms with Gasteiger partial charge in [0.25, 0.3) is 5.91 Å². The minimum absolute atomic E-state index is 0.0132. The van der Waals surface area contributed by atoms with E-state index in [4.69, 9.17) is 23.1 Å². The Morgan fingerprint density at radius 2 is 1.85 bits per heavy atom. The molecule has 4 aromatic heterocycles. The van der Waals surface area contributed by atoms with E-state index in [9.17, 15) is 10.1 Å². The number of nitrogens with zero attached hydrogens (tertiary/aromatic N) is 5. The molecule has 242 valence electrons. The van der Waals surface area contributed by atoms with Crippen molar-refractivity contribution in [1.82, 2.24) is 19.9 Å². The molecule has 1 aliphatic heterocycles. The second-order valence-electron chi connectivity index (χ2n) is 12.9. The molecule has 0 aliphatic carbocycles. The van der Waals surface area contributed by atoms with Crippen molar-refractivity contribution in [2.24, 2.45) is 0 Å². The Bertz CT molecular complexity index is 1750. The minimum Gasteiger partial charge on any atom is -0.496 e. The molecule has 12 heteroatoms. The van der Waals surface area contributed by atoms with Gasteiger partial charge in [-0.05, 0) is 30.3 Å². The van der Waals surface area contributed by atoms with E-state index in [1.54, 1.807) is 54.8 Å². The Kier molecular flexibility index (Phi) is 9.76. The van der Waals surface area contributed by atoms with E-state index in [2.05, 4.69) is 54.9 Å². The summed E-state index contributed by atoms with van der Waals surface area (Å²) in [5.74, 6) is 1.11. The van der Waals surface area contributed by atoms with Gasteiger partial charge in [-0.15, -0.1) is 0 Å². The van der Waals surface area contributed by atoms with Crippen LogP contribution >= 0.6 is 0 Å². The van der Waals surface area contributed by atoms with E-state index in [-0.39, 0.29) is 22.7 Å². The predicted octanol–water partition coefficient (Wildman–Crippen LogP) is 6.48. The number of pyridine rings is 3. The molecule has 11 nitrogen and oxygen atoms in total. The number of carbonyl (C=O) groups is 1. The van der Waals surface area contributed by atoms with Crippen LogP contribution in [-0.2, 0) is 9.16 Å². The normalized spacial score (nSPS) is 14.2. The highest BCUT2D eigenvalue weighted by molar-refractivity contribution is 6.74. The van der Waals surface area contributed by atoms with Gasteiger partial charge in [0.2, 0.25) is 0 Å². The zero-order chi connectivity index (χ0) is 33.1. The molecule has 1 saturated heterocycles. The smallest absolute Gasteiger partial charge is 0.272 e. The molecule has 1 fully saturated rings. The number of ether oxygens (including phenoxy) is 3. The summed E-state index contributed by atoms with van der Waals surface area (Å²) in [6.07, 6.45) is 6.34. The third-order valence-corrected chi connectivity index (χ3v) is 13.3. The Morgan fingerprint density at radius 3 is 2.54 bits per heavy atom. The van der Waals surface area contributed by atoms with Crippen molar-refractivity contribution < 1.29 is 27.8 Å². The SMILES string of the molecule is COc1cc(C(=O)N(C)CCO[Si](C)(C)C(C)(C)C)ncc1-c1cc2nccc(-c3cc(C#N)c(OC4CCOCC4)cn3)c2o1. The molecule has 0 aromatic carbocycles. The second-order valence-corrected chi connectivity index (χ2v) is 17.7. The van der Waals surface area contributed by atoms with Gasteiger partial charge in [0.1, 0.15) is 34.9 Å². The molecule has 0 bridgehead atoms. The minimum atomic E-state index is -1.92. The number of hydrogen-bond donors (Lipinski definition) is 0. The maximum absolute atomic E-state index is 13.2. The van der Waals surface area contributed by atoms with E-state index in [0.29, 0.717) is 77.1 Å². The van der Waals surface area contributed by atoms with Crippen molar-refractivity contribution >= 4 is 25.3 Å². The van der Waals surface area contributed by atoms with Gasteiger partial charge >= 0.3 is 0 Å². The lowest BCUT2D eigenvalue weighted by molar-refractivity contribution is 0.0253. The van der Waals surface area contributed by atoms with Crippen LogP contribution in [0.15, 0.2) is 47.3 Å². The van der Waals surface area contributed by atoms with Crippen LogP contribution in [0.2, 0.25) is 18.1 Å². The number of aromatic nitrogens is 3. The number of nitriles is 1. The van der Waals surface area contributed by atoms with Gasteiger partial charge in [-0.3, -0.25) is 19.7 Å². The summed E-state index contributed by atoms with van der Waals surface area (Å²) in [5.41, 5.74) is 3.52. The summed E-state index contributed by atoms with van der Waals surface area (Å²) in [6.45, 7) is 13.1. The van der Waals surface area contributed by atoms with Gasteiger partial charge in [0, 0.05) is 56.5 Å². The molecule has 1 aliphatic rings. The first-order valence-corrected chi connectivity index (χ1v) is 18.3. The van der Waals surface area contributed by atoms with E-state index < -0.39 is 8.32 Å². The first kappa shape index (κ1) is 33.1. The van der Waals surface area contributed by atoms with Gasteiger partial charge in [0.15, 0.2) is 19.6 Å². The lowest BCUT2D eigenvalue weighted by Gasteiger charge is -2.36. The van der Waals surface area contributed by atoms with Crippen LogP contribution in [-0.4, -0.2) is 80.7 Å². The fourth-order valence-corrected chi connectivity index (χ4v) is 5.91. The Hall–Kier alpha value is -4.31. The molecule has 1 amide bonds. The third-order valence-electron chi connectivity index (χ3n) is 8.75. The maximum atomic E-state index is 13.2. The fourth-order valence-electron chi connectivity index (χ4n) is 4.88. The molecule has 0 N–H and O–H groups in total. The summed E-state index contributed by atoms with van der Waals surface area (Å²) < 4.78 is 29.7. The average molecular weight is 644 g/mol. The highest BCUT2D eigenvalue weighted by Gasteiger charge is 2.37. The number of likely N-dealkylation sites (N-methyl/N-ethyl adjacent to an activating group) is 1. The molecule has 0 spiro atoms. The number of rotatable bonds is 10. The van der Waals surface area contributed by atoms with Crippen molar-refractivity contribution in [3.8, 4) is 40.1 Å². The van der Waals surface area contributed by atoms with Crippen LogP contribution in [0.25, 0.3) is 33.7 Å². The molecule has 0 saturated carbocycles. The summed E-state index contributed by atoms with van der Waals surface area (Å²) in [6, 6.07) is 9.12. The van der Waals surface area contributed by atoms with Crippen LogP contribution in [0.4, 0.5) is 0 Å². The van der Waals surface area contributed by atoms with Crippen molar-refractivity contribution in [3.05, 3.63) is 54.1 Å². The number of methoxy groups -OCH3 is 1. The number of hydrogen-bond acceptors (Lipinski definition) is 10. The Morgan fingerprint density at radius 1 is 1.09 bits per heavy atom. The summed E-state index contributed by atoms with van der Waals surface area (Å²) in [4.78, 5) is 28.4. The van der Waals surface area contributed by atoms with Crippen LogP contribution in [0.5, 0.6) is 11.5 Å². The van der Waals surface area contributed by atoms with Crippen molar-refractivity contribution in [2.75, 3.05) is 40.5 Å². The maximum Gasteiger partial charge on any atom is 0.272 e. The zero-order valence-corrected chi connectivity index (χ0v) is 28.5. The molecule has 4 aromatic rings. The molecule has 0 radical (unpaired) electrons. The molecular formula is C34H41N5O6Si. The van der Waals surface area contributed by atoms with E-state index >= 15 is 0 Å². The molecule has 0 unspecified atom stereocenters. The van der Waals surface area contributed by atoms with Gasteiger partial charge < -0.3 is 28.0 Å². The summed E-state index contributed by atoms with van der Waals surface area (Å²) in [7, 11) is 1.35. The Labute approximate surface area is 270 Å². The second kappa shape index (κ2) is 13.6. The van der Waals surface area contributed by atoms with Crippen LogP contribution in [0.3, 0.4) is 0 Å². The van der Waals surface area contributed by atoms with Crippen molar-refractivity contribution in [1.29, 1.82) is 5.26 Å². The third kappa shape index (κ3) is 7.07. The number of carbonyl (C=O) groups excluding carboxylic acids is 1. The average Bonchev–Trinajstić information content (AvgIpc) is 3.48. The number of fused-ring (bicyclic) bond motifs is 1. The van der Waals surface area contributed by atoms with Crippen molar-refractivity contribution in [3.63, 3.8) is 0 Å². The number of amides is 1. The van der Waals surface area contributed by atoms with Crippen LogP contribution in [0.1, 0.15) is 49.7 Å². The lowest BCUT2D eigenvalue weighted by atomic mass is 10.1. The monoisotopic (exact) mass is 643 g/mol. The first-order chi connectivity index (χ1) is 21.9. The van der Waals surface area contributed by atoms with E-state index in [1.165, 1.54) is 7.11 Å². The lowest BCUT2D eigenvalue weighted by Crippen LogP contribution is -2.43. The molecule has 46 heavy (non-hydrogen) atoms. The topological polar surface area (TPSA) is 133 Å². The fraction of sp³-hybridized carbons (Fsp3) is 0.441. The van der Waals surface area contributed by atoms with Crippen LogP contribution in [0, 0.1) is 11.3 Å². The molecule has 5 heterocycles. The zero-order valence-electron chi connectivity index (χ0n) is 27.5. The van der Waals surface area contributed by atoms with Gasteiger partial charge in [-0.1, -0.05) is 20.8 Å². The van der Waals surface area contributed by atoms with Gasteiger partial charge in [-0.25, -0.2) is 0 Å². The predicted molar refractivity (Wildman–Crippen MR) is 176 cm³/mol. The molecular weight excluding hydrogens is 602 g/mol. The Balaban J connectivity index is 1.36.